The normalized spacial score (nSPS) is 14.7. The van der Waals surface area contributed by atoms with Gasteiger partial charge >= 0.3 is 0 Å². The van der Waals surface area contributed by atoms with E-state index < -0.39 is 6.04 Å². The lowest BCUT2D eigenvalue weighted by Crippen LogP contribution is -2.50. The van der Waals surface area contributed by atoms with Crippen LogP contribution in [0.3, 0.4) is 0 Å². The summed E-state index contributed by atoms with van der Waals surface area (Å²) in [6, 6.07) is 21.1. The summed E-state index contributed by atoms with van der Waals surface area (Å²) in [5.41, 5.74) is 0.948. The fourth-order valence-electron chi connectivity index (χ4n) is 4.35. The highest BCUT2D eigenvalue weighted by Crippen LogP contribution is 2.25. The molecule has 0 saturated heterocycles. The molecule has 2 amide bonds. The standard InChI is InChI=1S/C27H29BrN2O3/c1-19(27(32)29-23-12-3-4-13-23)30(17-20-8-6-11-22(28)16-20)26(31)18-33-25-15-7-10-21-9-2-5-14-24(21)25/h2,5-11,14-16,19,23H,3-4,12-13,17-18H2,1H3,(H,29,32)/t19-/m1/s1. The van der Waals surface area contributed by atoms with Gasteiger partial charge in [0.05, 0.1) is 0 Å². The Balaban J connectivity index is 1.50. The highest BCUT2D eigenvalue weighted by molar-refractivity contribution is 9.10. The Kier molecular flexibility index (Phi) is 7.65. The molecule has 0 aromatic heterocycles. The Labute approximate surface area is 203 Å². The van der Waals surface area contributed by atoms with E-state index in [4.69, 9.17) is 4.74 Å². The Morgan fingerprint density at radius 3 is 2.58 bits per heavy atom. The lowest BCUT2D eigenvalue weighted by atomic mass is 10.1. The monoisotopic (exact) mass is 508 g/mol. The molecule has 4 rings (SSSR count). The van der Waals surface area contributed by atoms with Crippen molar-refractivity contribution in [2.24, 2.45) is 0 Å². The molecule has 33 heavy (non-hydrogen) atoms. The molecule has 3 aromatic rings. The molecule has 1 aliphatic rings. The van der Waals surface area contributed by atoms with Gasteiger partial charge in [-0.15, -0.1) is 0 Å². The second-order valence-corrected chi connectivity index (χ2v) is 9.50. The fourth-order valence-corrected chi connectivity index (χ4v) is 4.80. The number of nitrogens with zero attached hydrogens (tertiary/aromatic N) is 1. The molecule has 172 valence electrons. The van der Waals surface area contributed by atoms with Gasteiger partial charge in [0, 0.05) is 22.4 Å². The lowest BCUT2D eigenvalue weighted by Gasteiger charge is -2.29. The smallest absolute Gasteiger partial charge is 0.261 e. The van der Waals surface area contributed by atoms with Gasteiger partial charge in [0.2, 0.25) is 5.91 Å². The average molecular weight is 509 g/mol. The summed E-state index contributed by atoms with van der Waals surface area (Å²) in [5, 5.41) is 5.14. The van der Waals surface area contributed by atoms with Gasteiger partial charge in [-0.2, -0.15) is 0 Å². The van der Waals surface area contributed by atoms with Crippen LogP contribution in [0.1, 0.15) is 38.2 Å². The number of benzene rings is 3. The van der Waals surface area contributed by atoms with Crippen LogP contribution in [-0.4, -0.2) is 35.4 Å². The van der Waals surface area contributed by atoms with Gasteiger partial charge in [0.25, 0.3) is 5.91 Å². The van der Waals surface area contributed by atoms with Crippen LogP contribution in [0.2, 0.25) is 0 Å². The summed E-state index contributed by atoms with van der Waals surface area (Å²) in [6.45, 7) is 1.98. The van der Waals surface area contributed by atoms with E-state index in [9.17, 15) is 9.59 Å². The largest absolute Gasteiger partial charge is 0.483 e. The predicted octanol–water partition coefficient (Wildman–Crippen LogP) is 5.46. The molecule has 0 bridgehead atoms. The topological polar surface area (TPSA) is 58.6 Å². The number of carbonyl (C=O) groups is 2. The van der Waals surface area contributed by atoms with Gasteiger partial charge in [-0.05, 0) is 48.9 Å². The first-order valence-corrected chi connectivity index (χ1v) is 12.3. The van der Waals surface area contributed by atoms with E-state index >= 15 is 0 Å². The maximum absolute atomic E-state index is 13.3. The summed E-state index contributed by atoms with van der Waals surface area (Å²) in [7, 11) is 0. The molecule has 0 aliphatic heterocycles. The van der Waals surface area contributed by atoms with E-state index in [1.165, 1.54) is 0 Å². The summed E-state index contributed by atoms with van der Waals surface area (Å²) < 4.78 is 6.89. The molecule has 1 atom stereocenters. The molecule has 6 heteroatoms. The maximum Gasteiger partial charge on any atom is 0.261 e. The van der Waals surface area contributed by atoms with Crippen molar-refractivity contribution in [3.05, 3.63) is 76.8 Å². The molecule has 0 heterocycles. The third kappa shape index (κ3) is 5.93. The number of hydrogen-bond donors (Lipinski definition) is 1. The molecule has 0 radical (unpaired) electrons. The van der Waals surface area contributed by atoms with E-state index in [1.54, 1.807) is 11.8 Å². The zero-order valence-electron chi connectivity index (χ0n) is 18.8. The number of fused-ring (bicyclic) bond motifs is 1. The molecule has 1 aliphatic carbocycles. The Hall–Kier alpha value is -2.86. The number of nitrogens with one attached hydrogen (secondary N) is 1. The first kappa shape index (κ1) is 23.3. The van der Waals surface area contributed by atoms with Crippen molar-refractivity contribution in [2.45, 2.75) is 51.2 Å². The lowest BCUT2D eigenvalue weighted by molar-refractivity contribution is -0.142. The SMILES string of the molecule is C[C@H](C(=O)NC1CCCC1)N(Cc1cccc(Br)c1)C(=O)COc1cccc2ccccc12. The van der Waals surface area contributed by atoms with E-state index in [2.05, 4.69) is 21.2 Å². The van der Waals surface area contributed by atoms with Crippen LogP contribution in [0.25, 0.3) is 10.8 Å². The van der Waals surface area contributed by atoms with Gasteiger partial charge in [0.15, 0.2) is 6.61 Å². The summed E-state index contributed by atoms with van der Waals surface area (Å²) in [6.07, 6.45) is 4.28. The van der Waals surface area contributed by atoms with Crippen LogP contribution >= 0.6 is 15.9 Å². The van der Waals surface area contributed by atoms with Crippen molar-refractivity contribution in [2.75, 3.05) is 6.61 Å². The van der Waals surface area contributed by atoms with E-state index in [-0.39, 0.29) is 24.5 Å². The Bertz CT molecular complexity index is 1120. The van der Waals surface area contributed by atoms with E-state index in [0.717, 1.165) is 46.5 Å². The van der Waals surface area contributed by atoms with Crippen LogP contribution < -0.4 is 10.1 Å². The number of amides is 2. The first-order chi connectivity index (χ1) is 16.0. The Morgan fingerprint density at radius 2 is 1.79 bits per heavy atom. The van der Waals surface area contributed by atoms with Crippen LogP contribution in [-0.2, 0) is 16.1 Å². The van der Waals surface area contributed by atoms with Gasteiger partial charge in [-0.25, -0.2) is 0 Å². The fraction of sp³-hybridized carbons (Fsp3) is 0.333. The van der Waals surface area contributed by atoms with Crippen LogP contribution in [0.15, 0.2) is 71.2 Å². The number of ether oxygens (including phenoxy) is 1. The number of carbonyl (C=O) groups excluding carboxylic acids is 2. The average Bonchev–Trinajstić information content (AvgIpc) is 3.33. The summed E-state index contributed by atoms with van der Waals surface area (Å²) in [4.78, 5) is 27.9. The van der Waals surface area contributed by atoms with Crippen molar-refractivity contribution < 1.29 is 14.3 Å². The minimum atomic E-state index is -0.604. The maximum atomic E-state index is 13.3. The number of hydrogen-bond acceptors (Lipinski definition) is 3. The zero-order valence-corrected chi connectivity index (χ0v) is 20.4. The van der Waals surface area contributed by atoms with E-state index in [0.29, 0.717) is 12.3 Å². The second-order valence-electron chi connectivity index (χ2n) is 8.58. The quantitative estimate of drug-likeness (QED) is 0.439. The minimum absolute atomic E-state index is 0.115. The zero-order chi connectivity index (χ0) is 23.2. The van der Waals surface area contributed by atoms with Crippen molar-refractivity contribution in [3.63, 3.8) is 0 Å². The Morgan fingerprint density at radius 1 is 1.06 bits per heavy atom. The van der Waals surface area contributed by atoms with Gasteiger partial charge in [-0.3, -0.25) is 9.59 Å². The number of rotatable bonds is 8. The molecule has 1 fully saturated rings. The number of halogens is 1. The molecule has 1 saturated carbocycles. The molecule has 0 unspecified atom stereocenters. The second kappa shape index (κ2) is 10.8. The highest BCUT2D eigenvalue weighted by Gasteiger charge is 2.28. The summed E-state index contributed by atoms with van der Waals surface area (Å²) in [5.74, 6) is 0.319. The van der Waals surface area contributed by atoms with Gasteiger partial charge in [0.1, 0.15) is 11.8 Å². The third-order valence-electron chi connectivity index (χ3n) is 6.21. The molecule has 3 aromatic carbocycles. The molecule has 0 spiro atoms. The molecule has 5 nitrogen and oxygen atoms in total. The van der Waals surface area contributed by atoms with Crippen molar-refractivity contribution in [3.8, 4) is 5.75 Å². The van der Waals surface area contributed by atoms with Crippen LogP contribution in [0.4, 0.5) is 0 Å². The highest BCUT2D eigenvalue weighted by atomic mass is 79.9. The van der Waals surface area contributed by atoms with Crippen molar-refractivity contribution >= 4 is 38.5 Å². The molecular weight excluding hydrogens is 480 g/mol. The van der Waals surface area contributed by atoms with Crippen molar-refractivity contribution in [1.82, 2.24) is 10.2 Å². The predicted molar refractivity (Wildman–Crippen MR) is 134 cm³/mol. The van der Waals surface area contributed by atoms with Gasteiger partial charge < -0.3 is 15.0 Å². The van der Waals surface area contributed by atoms with Crippen LogP contribution in [0, 0.1) is 0 Å². The van der Waals surface area contributed by atoms with Crippen molar-refractivity contribution in [1.29, 1.82) is 0 Å². The molecule has 1 N–H and O–H groups in total. The first-order valence-electron chi connectivity index (χ1n) is 11.5. The summed E-state index contributed by atoms with van der Waals surface area (Å²) >= 11 is 3.49. The molecular formula is C27H29BrN2O3. The van der Waals surface area contributed by atoms with E-state index in [1.807, 2.05) is 66.7 Å². The minimum Gasteiger partial charge on any atom is -0.483 e. The third-order valence-corrected chi connectivity index (χ3v) is 6.70. The van der Waals surface area contributed by atoms with Crippen LogP contribution in [0.5, 0.6) is 5.75 Å². The van der Waals surface area contributed by atoms with Gasteiger partial charge in [-0.1, -0.05) is 77.3 Å².